The van der Waals surface area contributed by atoms with Crippen molar-refractivity contribution in [3.63, 3.8) is 0 Å². The predicted molar refractivity (Wildman–Crippen MR) is 65.4 cm³/mol. The van der Waals surface area contributed by atoms with Crippen molar-refractivity contribution in [2.45, 2.75) is 20.3 Å². The predicted octanol–water partition coefficient (Wildman–Crippen LogP) is 1.64. The lowest BCUT2D eigenvalue weighted by Crippen LogP contribution is -2.24. The first-order valence-corrected chi connectivity index (χ1v) is 6.18. The van der Waals surface area contributed by atoms with Crippen LogP contribution in [-0.2, 0) is 0 Å². The Hall–Kier alpha value is -1.40. The third-order valence-electron chi connectivity index (χ3n) is 2.16. The first kappa shape index (κ1) is 13.7. The molecule has 0 fully saturated rings. The average Bonchev–Trinajstić information content (AvgIpc) is 2.76. The van der Waals surface area contributed by atoms with Gasteiger partial charge in [0.25, 0.3) is 11.8 Å². The molecule has 1 heterocycles. The Kier molecular flexibility index (Phi) is 5.11. The highest BCUT2D eigenvalue weighted by Gasteiger charge is 2.12. The molecular weight excluding hydrogens is 240 g/mol. The van der Waals surface area contributed by atoms with Crippen LogP contribution in [0.3, 0.4) is 0 Å². The lowest BCUT2D eigenvalue weighted by Gasteiger charge is -2.05. The monoisotopic (exact) mass is 256 g/mol. The molecule has 2 amide bonds. The van der Waals surface area contributed by atoms with Crippen LogP contribution in [0.1, 0.15) is 39.6 Å². The number of hydrogen-bond acceptors (Lipinski definition) is 4. The zero-order chi connectivity index (χ0) is 12.8. The fourth-order valence-corrected chi connectivity index (χ4v) is 2.01. The van der Waals surface area contributed by atoms with Crippen molar-refractivity contribution in [1.82, 2.24) is 10.8 Å². The minimum Gasteiger partial charge on any atom is -0.351 e. The van der Waals surface area contributed by atoms with Crippen LogP contribution in [-0.4, -0.2) is 23.6 Å². The van der Waals surface area contributed by atoms with Gasteiger partial charge in [-0.15, -0.1) is 11.3 Å². The molecule has 1 aromatic heterocycles. The van der Waals surface area contributed by atoms with Gasteiger partial charge in [-0.2, -0.15) is 0 Å². The van der Waals surface area contributed by atoms with Crippen molar-refractivity contribution in [2.24, 2.45) is 5.92 Å². The fraction of sp³-hybridized carbons (Fsp3) is 0.455. The summed E-state index contributed by atoms with van der Waals surface area (Å²) in [5.41, 5.74) is 1.53. The summed E-state index contributed by atoms with van der Waals surface area (Å²) in [5.74, 6) is -0.252. The van der Waals surface area contributed by atoms with E-state index >= 15 is 0 Å². The quantitative estimate of drug-likeness (QED) is 0.553. The zero-order valence-corrected chi connectivity index (χ0v) is 10.6. The second-order valence-corrected chi connectivity index (χ2v) is 5.13. The van der Waals surface area contributed by atoms with E-state index in [1.54, 1.807) is 6.07 Å². The first-order chi connectivity index (χ1) is 8.04. The summed E-state index contributed by atoms with van der Waals surface area (Å²) in [4.78, 5) is 23.5. The number of amides is 2. The van der Waals surface area contributed by atoms with Crippen LogP contribution in [0.4, 0.5) is 0 Å². The van der Waals surface area contributed by atoms with Gasteiger partial charge in [0.2, 0.25) is 0 Å². The topological polar surface area (TPSA) is 78.4 Å². The lowest BCUT2D eigenvalue weighted by molar-refractivity contribution is 0.0711. The number of hydroxylamine groups is 1. The highest BCUT2D eigenvalue weighted by Crippen LogP contribution is 2.16. The van der Waals surface area contributed by atoms with Gasteiger partial charge < -0.3 is 5.32 Å². The van der Waals surface area contributed by atoms with Crippen molar-refractivity contribution in [3.05, 3.63) is 21.9 Å². The van der Waals surface area contributed by atoms with Gasteiger partial charge in [-0.25, -0.2) is 5.48 Å². The van der Waals surface area contributed by atoms with E-state index in [0.717, 1.165) is 17.8 Å². The summed E-state index contributed by atoms with van der Waals surface area (Å²) < 4.78 is 0. The molecule has 1 rings (SSSR count). The third-order valence-corrected chi connectivity index (χ3v) is 3.25. The van der Waals surface area contributed by atoms with Crippen LogP contribution in [0.25, 0.3) is 0 Å². The lowest BCUT2D eigenvalue weighted by atomic mass is 10.1. The Bertz CT molecular complexity index is 401. The molecule has 0 aliphatic heterocycles. The second kappa shape index (κ2) is 6.36. The van der Waals surface area contributed by atoms with E-state index in [1.165, 1.54) is 11.5 Å². The Morgan fingerprint density at radius 1 is 1.29 bits per heavy atom. The van der Waals surface area contributed by atoms with E-state index in [4.69, 9.17) is 5.21 Å². The average molecular weight is 256 g/mol. The highest BCUT2D eigenvalue weighted by atomic mass is 32.1. The first-order valence-electron chi connectivity index (χ1n) is 5.37. The molecule has 0 spiro atoms. The molecule has 0 aromatic carbocycles. The molecule has 0 bridgehead atoms. The van der Waals surface area contributed by atoms with E-state index in [9.17, 15) is 9.59 Å². The summed E-state index contributed by atoms with van der Waals surface area (Å²) in [6, 6.07) is 3.08. The molecule has 0 aliphatic rings. The standard InChI is InChI=1S/C11H16N2O3S/c1-7(2)5-6-12-10(14)8-3-4-9(17-8)11(15)13-16/h3-4,7,16H,5-6H2,1-2H3,(H,12,14)(H,13,15). The van der Waals surface area contributed by atoms with E-state index in [-0.39, 0.29) is 5.91 Å². The Balaban J connectivity index is 2.52. The zero-order valence-electron chi connectivity index (χ0n) is 9.82. The van der Waals surface area contributed by atoms with Crippen molar-refractivity contribution >= 4 is 23.2 Å². The highest BCUT2D eigenvalue weighted by molar-refractivity contribution is 7.15. The van der Waals surface area contributed by atoms with E-state index in [1.807, 2.05) is 0 Å². The van der Waals surface area contributed by atoms with Crippen LogP contribution in [0.5, 0.6) is 0 Å². The van der Waals surface area contributed by atoms with Gasteiger partial charge in [0, 0.05) is 6.54 Å². The summed E-state index contributed by atoms with van der Waals surface area (Å²) in [7, 11) is 0. The number of hydrogen-bond donors (Lipinski definition) is 3. The Labute approximate surface area is 104 Å². The van der Waals surface area contributed by atoms with Crippen molar-refractivity contribution < 1.29 is 14.8 Å². The number of thiophene rings is 1. The van der Waals surface area contributed by atoms with Crippen LogP contribution in [0.15, 0.2) is 12.1 Å². The van der Waals surface area contributed by atoms with E-state index < -0.39 is 5.91 Å². The summed E-state index contributed by atoms with van der Waals surface area (Å²) in [6.07, 6.45) is 0.918. The summed E-state index contributed by atoms with van der Waals surface area (Å²) in [6.45, 7) is 4.79. The molecule has 3 N–H and O–H groups in total. The van der Waals surface area contributed by atoms with Gasteiger partial charge in [0.05, 0.1) is 9.75 Å². The summed E-state index contributed by atoms with van der Waals surface area (Å²) >= 11 is 1.05. The Morgan fingerprint density at radius 3 is 2.41 bits per heavy atom. The van der Waals surface area contributed by atoms with Crippen molar-refractivity contribution in [2.75, 3.05) is 6.54 Å². The molecule has 5 nitrogen and oxygen atoms in total. The maximum Gasteiger partial charge on any atom is 0.284 e. The molecule has 0 unspecified atom stereocenters. The molecule has 1 aromatic rings. The molecule has 0 aliphatic carbocycles. The van der Waals surface area contributed by atoms with Gasteiger partial charge in [-0.1, -0.05) is 13.8 Å². The minimum atomic E-state index is -0.601. The molecular formula is C11H16N2O3S. The fourth-order valence-electron chi connectivity index (χ4n) is 1.20. The van der Waals surface area contributed by atoms with Crippen LogP contribution in [0, 0.1) is 5.92 Å². The molecule has 6 heteroatoms. The molecule has 17 heavy (non-hydrogen) atoms. The van der Waals surface area contributed by atoms with Crippen molar-refractivity contribution in [1.29, 1.82) is 0 Å². The molecule has 0 saturated carbocycles. The van der Waals surface area contributed by atoms with Gasteiger partial charge in [0.1, 0.15) is 0 Å². The van der Waals surface area contributed by atoms with Crippen LogP contribution in [0.2, 0.25) is 0 Å². The van der Waals surface area contributed by atoms with Crippen molar-refractivity contribution in [3.8, 4) is 0 Å². The summed E-state index contributed by atoms with van der Waals surface area (Å²) in [5, 5.41) is 11.2. The largest absolute Gasteiger partial charge is 0.351 e. The molecule has 94 valence electrons. The number of nitrogens with one attached hydrogen (secondary N) is 2. The maximum absolute atomic E-state index is 11.7. The third kappa shape index (κ3) is 4.16. The van der Waals surface area contributed by atoms with Gasteiger partial charge >= 0.3 is 0 Å². The van der Waals surface area contributed by atoms with Crippen LogP contribution < -0.4 is 10.8 Å². The number of carbonyl (C=O) groups is 2. The van der Waals surface area contributed by atoms with Crippen LogP contribution >= 0.6 is 11.3 Å². The van der Waals surface area contributed by atoms with E-state index in [0.29, 0.717) is 22.2 Å². The molecule has 0 atom stereocenters. The smallest absolute Gasteiger partial charge is 0.284 e. The maximum atomic E-state index is 11.7. The Morgan fingerprint density at radius 2 is 1.88 bits per heavy atom. The second-order valence-electron chi connectivity index (χ2n) is 4.04. The molecule has 0 saturated heterocycles. The van der Waals surface area contributed by atoms with E-state index in [2.05, 4.69) is 19.2 Å². The molecule has 0 radical (unpaired) electrons. The minimum absolute atomic E-state index is 0.187. The van der Waals surface area contributed by atoms with Gasteiger partial charge in [-0.3, -0.25) is 14.8 Å². The number of rotatable bonds is 5. The number of carbonyl (C=O) groups excluding carboxylic acids is 2. The van der Waals surface area contributed by atoms with Gasteiger partial charge in [-0.05, 0) is 24.5 Å². The SMILES string of the molecule is CC(C)CCNC(=O)c1ccc(C(=O)NO)s1. The van der Waals surface area contributed by atoms with Gasteiger partial charge in [0.15, 0.2) is 0 Å². The normalized spacial score (nSPS) is 10.4.